The minimum atomic E-state index is -4.64. The fourth-order valence-corrected chi connectivity index (χ4v) is 6.58. The van der Waals surface area contributed by atoms with Gasteiger partial charge in [-0.3, -0.25) is 0 Å². The van der Waals surface area contributed by atoms with Gasteiger partial charge in [0.25, 0.3) is 0 Å². The van der Waals surface area contributed by atoms with Gasteiger partial charge in [-0.05, 0) is 37.5 Å². The van der Waals surface area contributed by atoms with E-state index in [0.717, 1.165) is 25.0 Å². The zero-order valence-corrected chi connectivity index (χ0v) is 32.7. The topological polar surface area (TPSA) is 87.0 Å². The molecule has 0 aliphatic carbocycles. The van der Waals surface area contributed by atoms with Crippen molar-refractivity contribution >= 4 is 45.6 Å². The molecule has 0 aromatic carbocycles. The van der Waals surface area contributed by atoms with Crippen molar-refractivity contribution < 1.29 is 24.0 Å². The van der Waals surface area contributed by atoms with Gasteiger partial charge in [-0.2, -0.15) is 0 Å². The van der Waals surface area contributed by atoms with Crippen LogP contribution in [0.1, 0.15) is 233 Å². The van der Waals surface area contributed by atoms with Gasteiger partial charge in [0.1, 0.15) is 0 Å². The van der Waals surface area contributed by atoms with Crippen molar-refractivity contribution in [3.63, 3.8) is 0 Å². The standard InChI is InChI=1S/C40H82O.Ca.H3O4P.2H/c1-5-9-13-17-21-23-27-31-35-39(33-29-25-19-15-11-7-3)37-41-38-40(34-30-26-20-16-12-8-4)36-32-28-24-22-18-14-10-6-2;;1-5(2,3)4;;/h39-40H,5-38H2,1-4H3;;(H3,1,2,3,4);;. The summed E-state index contributed by atoms with van der Waals surface area (Å²) in [6.07, 6.45) is 45.6. The van der Waals surface area contributed by atoms with Crippen LogP contribution >= 0.6 is 7.82 Å². The van der Waals surface area contributed by atoms with Gasteiger partial charge < -0.3 is 19.4 Å². The first-order valence-corrected chi connectivity index (χ1v) is 22.2. The van der Waals surface area contributed by atoms with Crippen LogP contribution in [0.2, 0.25) is 0 Å². The van der Waals surface area contributed by atoms with Crippen LogP contribution in [0.4, 0.5) is 0 Å². The van der Waals surface area contributed by atoms with Gasteiger partial charge >= 0.3 is 45.6 Å². The van der Waals surface area contributed by atoms with Crippen LogP contribution in [0.15, 0.2) is 0 Å². The van der Waals surface area contributed by atoms with E-state index in [1.54, 1.807) is 0 Å². The monoisotopic (exact) mass is 719 g/mol. The van der Waals surface area contributed by atoms with E-state index in [1.165, 1.54) is 205 Å². The normalized spacial score (nSPS) is 12.7. The van der Waals surface area contributed by atoms with Gasteiger partial charge in [0, 0.05) is 13.2 Å². The molecule has 7 heteroatoms. The van der Waals surface area contributed by atoms with Gasteiger partial charge in [0.15, 0.2) is 0 Å². The molecule has 2 atom stereocenters. The van der Waals surface area contributed by atoms with Crippen LogP contribution in [0, 0.1) is 11.8 Å². The maximum atomic E-state index is 8.88. The first-order chi connectivity index (χ1) is 22.3. The Labute approximate surface area is 325 Å². The number of phosphoric acid groups is 1. The Morgan fingerprint density at radius 3 is 0.745 bits per heavy atom. The van der Waals surface area contributed by atoms with Gasteiger partial charge in [-0.15, -0.1) is 0 Å². The zero-order chi connectivity index (χ0) is 34.4. The van der Waals surface area contributed by atoms with Crippen molar-refractivity contribution in [2.24, 2.45) is 11.8 Å². The summed E-state index contributed by atoms with van der Waals surface area (Å²) in [7, 11) is -4.64. The molecular weight excluding hydrogens is 631 g/mol. The van der Waals surface area contributed by atoms with Crippen molar-refractivity contribution in [1.82, 2.24) is 0 Å². The van der Waals surface area contributed by atoms with Crippen molar-refractivity contribution in [2.45, 2.75) is 233 Å². The summed E-state index contributed by atoms with van der Waals surface area (Å²) >= 11 is 0. The van der Waals surface area contributed by atoms with E-state index in [4.69, 9.17) is 24.0 Å². The maximum absolute atomic E-state index is 8.88. The number of rotatable bonds is 36. The van der Waals surface area contributed by atoms with Crippen LogP contribution in [0.25, 0.3) is 0 Å². The fourth-order valence-electron chi connectivity index (χ4n) is 6.58. The molecule has 47 heavy (non-hydrogen) atoms. The van der Waals surface area contributed by atoms with E-state index in [9.17, 15) is 0 Å². The third kappa shape index (κ3) is 51.8. The summed E-state index contributed by atoms with van der Waals surface area (Å²) in [6, 6.07) is 0. The Morgan fingerprint density at radius 2 is 0.553 bits per heavy atom. The molecule has 284 valence electrons. The van der Waals surface area contributed by atoms with Crippen molar-refractivity contribution in [2.75, 3.05) is 13.2 Å². The second kappa shape index (κ2) is 43.5. The average Bonchev–Trinajstić information content (AvgIpc) is 3.01. The first kappa shape index (κ1) is 52.7. The molecule has 5 nitrogen and oxygen atoms in total. The van der Waals surface area contributed by atoms with E-state index in [0.29, 0.717) is 0 Å². The molecule has 0 aromatic rings. The summed E-state index contributed by atoms with van der Waals surface area (Å²) in [5.74, 6) is 1.61. The number of hydrogen-bond acceptors (Lipinski definition) is 2. The number of ether oxygens (including phenoxy) is 1. The Hall–Kier alpha value is 1.33. The second-order valence-corrected chi connectivity index (χ2v) is 15.4. The minimum absolute atomic E-state index is 0. The molecule has 3 N–H and O–H groups in total. The second-order valence-electron chi connectivity index (χ2n) is 14.4. The summed E-state index contributed by atoms with van der Waals surface area (Å²) in [6.45, 7) is 11.4. The van der Waals surface area contributed by atoms with E-state index >= 15 is 0 Å². The molecule has 0 bridgehead atoms. The third-order valence-corrected chi connectivity index (χ3v) is 9.57. The molecule has 0 radical (unpaired) electrons. The Kier molecular flexibility index (Phi) is 48.8. The predicted molar refractivity (Wildman–Crippen MR) is 211 cm³/mol. The first-order valence-electron chi connectivity index (χ1n) is 20.6. The van der Waals surface area contributed by atoms with Crippen LogP contribution in [0.3, 0.4) is 0 Å². The summed E-state index contributed by atoms with van der Waals surface area (Å²) in [5.41, 5.74) is 0. The summed E-state index contributed by atoms with van der Waals surface area (Å²) < 4.78 is 15.5. The number of hydrogen-bond donors (Lipinski definition) is 3. The molecule has 0 heterocycles. The molecule has 0 aliphatic heterocycles. The number of unbranched alkanes of at least 4 members (excludes halogenated alkanes) is 24. The van der Waals surface area contributed by atoms with Gasteiger partial charge in [-0.1, -0.05) is 207 Å². The molecule has 2 unspecified atom stereocenters. The van der Waals surface area contributed by atoms with Crippen LogP contribution in [0.5, 0.6) is 0 Å². The molecular formula is C40H87CaO5P. The molecule has 0 saturated heterocycles. The molecule has 0 saturated carbocycles. The molecule has 0 amide bonds. The fraction of sp³-hybridized carbons (Fsp3) is 1.00. The average molecular weight is 719 g/mol. The quantitative estimate of drug-likeness (QED) is 0.0341. The Morgan fingerprint density at radius 1 is 0.383 bits per heavy atom. The summed E-state index contributed by atoms with van der Waals surface area (Å²) in [5, 5.41) is 0. The SMILES string of the molecule is CCCCCCCCCCC(CCCCCCCC)COCC(CCCCCCCC)CCCCCCCCCC.O=P(O)(O)O.[CaH2]. The molecule has 0 aromatic heterocycles. The summed E-state index contributed by atoms with van der Waals surface area (Å²) in [4.78, 5) is 21.6. The van der Waals surface area contributed by atoms with E-state index < -0.39 is 7.82 Å². The van der Waals surface area contributed by atoms with E-state index in [2.05, 4.69) is 27.7 Å². The van der Waals surface area contributed by atoms with Crippen molar-refractivity contribution in [1.29, 1.82) is 0 Å². The third-order valence-electron chi connectivity index (χ3n) is 9.57. The molecule has 0 rings (SSSR count). The van der Waals surface area contributed by atoms with E-state index in [1.807, 2.05) is 0 Å². The van der Waals surface area contributed by atoms with Crippen molar-refractivity contribution in [3.8, 4) is 0 Å². The van der Waals surface area contributed by atoms with Gasteiger partial charge in [0.05, 0.1) is 0 Å². The molecule has 0 aliphatic rings. The van der Waals surface area contributed by atoms with E-state index in [-0.39, 0.29) is 37.7 Å². The Bertz CT molecular complexity index is 555. The molecule has 0 spiro atoms. The Balaban J connectivity index is -0.00000298. The predicted octanol–water partition coefficient (Wildman–Crippen LogP) is 13.0. The van der Waals surface area contributed by atoms with Crippen LogP contribution in [-0.2, 0) is 9.30 Å². The van der Waals surface area contributed by atoms with Crippen LogP contribution in [-0.4, -0.2) is 65.6 Å². The van der Waals surface area contributed by atoms with Gasteiger partial charge in [0.2, 0.25) is 0 Å². The molecule has 0 fully saturated rings. The van der Waals surface area contributed by atoms with Crippen molar-refractivity contribution in [3.05, 3.63) is 0 Å². The van der Waals surface area contributed by atoms with Gasteiger partial charge in [-0.25, -0.2) is 4.57 Å². The van der Waals surface area contributed by atoms with Crippen LogP contribution < -0.4 is 0 Å². The zero-order valence-electron chi connectivity index (χ0n) is 31.8.